The molecule has 0 rings (SSSR count). The molecule has 0 amide bonds. The molecular weight excluding hydrogens is 320 g/mol. The van der Waals surface area contributed by atoms with Crippen LogP contribution >= 0.6 is 0 Å². The average molecular weight is 369 g/mol. The largest absolute Gasteiger partial charge is 0.466 e. The van der Waals surface area contributed by atoms with Gasteiger partial charge < -0.3 is 4.74 Å². The normalized spacial score (nSPS) is 12.3. The second-order valence-corrected chi connectivity index (χ2v) is 8.03. The van der Waals surface area contributed by atoms with Crippen LogP contribution in [-0.2, 0) is 9.53 Å². The van der Waals surface area contributed by atoms with Crippen LogP contribution in [0, 0.1) is 5.92 Å². The van der Waals surface area contributed by atoms with Crippen LogP contribution in [0.1, 0.15) is 136 Å². The van der Waals surface area contributed by atoms with E-state index in [2.05, 4.69) is 13.8 Å². The Bertz CT molecular complexity index is 288. The van der Waals surface area contributed by atoms with Crippen molar-refractivity contribution in [3.05, 3.63) is 0 Å². The average Bonchev–Trinajstić information content (AvgIpc) is 2.64. The summed E-state index contributed by atoms with van der Waals surface area (Å²) in [6.07, 6.45) is 23.8. The molecule has 0 radical (unpaired) electrons. The van der Waals surface area contributed by atoms with Crippen LogP contribution < -0.4 is 0 Å². The molecule has 2 nitrogen and oxygen atoms in total. The van der Waals surface area contributed by atoms with E-state index in [4.69, 9.17) is 4.74 Å². The second kappa shape index (κ2) is 20.8. The number of hydrogen-bond donors (Lipinski definition) is 0. The van der Waals surface area contributed by atoms with E-state index in [9.17, 15) is 4.79 Å². The first-order valence-corrected chi connectivity index (χ1v) is 11.9. The molecular formula is C24H48O2. The molecule has 0 heterocycles. The van der Waals surface area contributed by atoms with Crippen LogP contribution in [0.15, 0.2) is 0 Å². The molecule has 1 unspecified atom stereocenters. The molecule has 0 N–H and O–H groups in total. The lowest BCUT2D eigenvalue weighted by atomic mass is 9.90. The zero-order valence-corrected chi connectivity index (χ0v) is 18.3. The highest BCUT2D eigenvalue weighted by atomic mass is 16.5. The summed E-state index contributed by atoms with van der Waals surface area (Å²) in [5.41, 5.74) is 0. The van der Waals surface area contributed by atoms with E-state index < -0.39 is 0 Å². The summed E-state index contributed by atoms with van der Waals surface area (Å²) in [7, 11) is 0. The first-order chi connectivity index (χ1) is 12.7. The highest BCUT2D eigenvalue weighted by Crippen LogP contribution is 2.23. The van der Waals surface area contributed by atoms with Gasteiger partial charge in [0.05, 0.1) is 6.61 Å². The van der Waals surface area contributed by atoms with E-state index in [0.29, 0.717) is 13.0 Å². The van der Waals surface area contributed by atoms with Crippen molar-refractivity contribution in [1.29, 1.82) is 0 Å². The third-order valence-corrected chi connectivity index (χ3v) is 5.48. The highest BCUT2D eigenvalue weighted by Gasteiger charge is 2.09. The molecule has 1 atom stereocenters. The Morgan fingerprint density at radius 2 is 1.08 bits per heavy atom. The fourth-order valence-corrected chi connectivity index (χ4v) is 3.78. The molecule has 0 bridgehead atoms. The maximum Gasteiger partial charge on any atom is 0.305 e. The zero-order valence-electron chi connectivity index (χ0n) is 18.3. The Kier molecular flexibility index (Phi) is 20.4. The Morgan fingerprint density at radius 3 is 1.62 bits per heavy atom. The van der Waals surface area contributed by atoms with E-state index in [1.165, 1.54) is 103 Å². The molecule has 0 aromatic carbocycles. The summed E-state index contributed by atoms with van der Waals surface area (Å²) in [6.45, 7) is 6.97. The molecule has 0 aromatic rings. The first-order valence-electron chi connectivity index (χ1n) is 11.9. The van der Waals surface area contributed by atoms with Gasteiger partial charge in [-0.2, -0.15) is 0 Å². The molecule has 2 heteroatoms. The number of carbonyl (C=O) groups is 1. The molecule has 0 aliphatic carbocycles. The Labute approximate surface area is 164 Å². The third kappa shape index (κ3) is 18.3. The van der Waals surface area contributed by atoms with Crippen molar-refractivity contribution >= 4 is 5.97 Å². The fourth-order valence-electron chi connectivity index (χ4n) is 3.78. The van der Waals surface area contributed by atoms with Gasteiger partial charge >= 0.3 is 5.97 Å². The smallest absolute Gasteiger partial charge is 0.305 e. The summed E-state index contributed by atoms with van der Waals surface area (Å²) < 4.78 is 5.01. The number of ether oxygens (including phenoxy) is 1. The van der Waals surface area contributed by atoms with E-state index in [1.54, 1.807) is 0 Å². The van der Waals surface area contributed by atoms with Crippen molar-refractivity contribution in [3.8, 4) is 0 Å². The predicted octanol–water partition coefficient (Wildman–Crippen LogP) is 8.23. The highest BCUT2D eigenvalue weighted by molar-refractivity contribution is 5.69. The topological polar surface area (TPSA) is 26.3 Å². The summed E-state index contributed by atoms with van der Waals surface area (Å²) >= 11 is 0. The number of rotatable bonds is 20. The number of esters is 1. The number of carbonyl (C=O) groups excluding carboxylic acids is 1. The van der Waals surface area contributed by atoms with E-state index >= 15 is 0 Å². The number of hydrogen-bond acceptors (Lipinski definition) is 2. The molecule has 0 aromatic heterocycles. The van der Waals surface area contributed by atoms with Gasteiger partial charge in [0, 0.05) is 6.42 Å². The fraction of sp³-hybridized carbons (Fsp3) is 0.958. The standard InChI is InChI=1S/C24H48O2/c1-4-7-9-10-11-12-13-14-15-16-20-23(19-8-5-2)21-17-18-22-24(25)26-6-3/h23H,4-22H2,1-3H3. The van der Waals surface area contributed by atoms with Crippen molar-refractivity contribution in [2.24, 2.45) is 5.92 Å². The zero-order chi connectivity index (χ0) is 19.3. The molecule has 0 saturated carbocycles. The van der Waals surface area contributed by atoms with Crippen molar-refractivity contribution in [1.82, 2.24) is 0 Å². The predicted molar refractivity (Wildman–Crippen MR) is 115 cm³/mol. The van der Waals surface area contributed by atoms with Crippen LogP contribution in [0.2, 0.25) is 0 Å². The van der Waals surface area contributed by atoms with Gasteiger partial charge in [-0.3, -0.25) is 4.79 Å². The quantitative estimate of drug-likeness (QED) is 0.160. The lowest BCUT2D eigenvalue weighted by Gasteiger charge is -2.16. The third-order valence-electron chi connectivity index (χ3n) is 5.48. The van der Waals surface area contributed by atoms with Gasteiger partial charge in [-0.25, -0.2) is 0 Å². The van der Waals surface area contributed by atoms with Gasteiger partial charge in [-0.15, -0.1) is 0 Å². The molecule has 156 valence electrons. The van der Waals surface area contributed by atoms with Gasteiger partial charge in [0.15, 0.2) is 0 Å². The van der Waals surface area contributed by atoms with Gasteiger partial charge in [-0.1, -0.05) is 117 Å². The van der Waals surface area contributed by atoms with Gasteiger partial charge in [0.25, 0.3) is 0 Å². The molecule has 0 saturated heterocycles. The van der Waals surface area contributed by atoms with Crippen molar-refractivity contribution in [2.75, 3.05) is 6.61 Å². The lowest BCUT2D eigenvalue weighted by molar-refractivity contribution is -0.143. The van der Waals surface area contributed by atoms with Gasteiger partial charge in [0.2, 0.25) is 0 Å². The lowest BCUT2D eigenvalue weighted by Crippen LogP contribution is -2.05. The summed E-state index contributed by atoms with van der Waals surface area (Å²) in [4.78, 5) is 11.4. The second-order valence-electron chi connectivity index (χ2n) is 8.03. The first kappa shape index (κ1) is 25.5. The van der Waals surface area contributed by atoms with Crippen molar-refractivity contribution < 1.29 is 9.53 Å². The minimum absolute atomic E-state index is 0.0210. The minimum Gasteiger partial charge on any atom is -0.466 e. The SMILES string of the molecule is CCCCCCCCCCCCC(CCCC)CCCCC(=O)OCC. The molecule has 0 spiro atoms. The molecule has 0 aliphatic rings. The monoisotopic (exact) mass is 368 g/mol. The van der Waals surface area contributed by atoms with Crippen molar-refractivity contribution in [2.45, 2.75) is 136 Å². The summed E-state index contributed by atoms with van der Waals surface area (Å²) in [5.74, 6) is 0.860. The van der Waals surface area contributed by atoms with E-state index in [1.807, 2.05) is 6.92 Å². The summed E-state index contributed by atoms with van der Waals surface area (Å²) in [6, 6.07) is 0. The Morgan fingerprint density at radius 1 is 0.615 bits per heavy atom. The molecule has 26 heavy (non-hydrogen) atoms. The maximum absolute atomic E-state index is 11.4. The Hall–Kier alpha value is -0.530. The van der Waals surface area contributed by atoms with E-state index in [0.717, 1.165) is 12.3 Å². The van der Waals surface area contributed by atoms with Gasteiger partial charge in [0.1, 0.15) is 0 Å². The van der Waals surface area contributed by atoms with Crippen LogP contribution in [0.5, 0.6) is 0 Å². The van der Waals surface area contributed by atoms with Crippen LogP contribution in [-0.4, -0.2) is 12.6 Å². The molecule has 0 fully saturated rings. The van der Waals surface area contributed by atoms with Crippen molar-refractivity contribution in [3.63, 3.8) is 0 Å². The van der Waals surface area contributed by atoms with Crippen LogP contribution in [0.25, 0.3) is 0 Å². The summed E-state index contributed by atoms with van der Waals surface area (Å²) in [5, 5.41) is 0. The van der Waals surface area contributed by atoms with Crippen LogP contribution in [0.3, 0.4) is 0 Å². The Balaban J connectivity index is 3.62. The maximum atomic E-state index is 11.4. The molecule has 0 aliphatic heterocycles. The minimum atomic E-state index is -0.0210. The van der Waals surface area contributed by atoms with Crippen LogP contribution in [0.4, 0.5) is 0 Å². The van der Waals surface area contributed by atoms with E-state index in [-0.39, 0.29) is 5.97 Å². The van der Waals surface area contributed by atoms with Gasteiger partial charge in [-0.05, 0) is 19.3 Å². The number of unbranched alkanes of at least 4 members (excludes halogenated alkanes) is 11.